The van der Waals surface area contributed by atoms with Crippen LogP contribution in [0.2, 0.25) is 0 Å². The van der Waals surface area contributed by atoms with Gasteiger partial charge in [0.1, 0.15) is 0 Å². The van der Waals surface area contributed by atoms with Crippen molar-refractivity contribution in [1.29, 1.82) is 0 Å². The third-order valence-electron chi connectivity index (χ3n) is 2.14. The summed E-state index contributed by atoms with van der Waals surface area (Å²) in [6.07, 6.45) is 5.28. The lowest BCUT2D eigenvalue weighted by molar-refractivity contribution is 0.475. The van der Waals surface area contributed by atoms with E-state index in [1.807, 2.05) is 50.3 Å². The summed E-state index contributed by atoms with van der Waals surface area (Å²) in [6.45, 7) is 25.5. The quantitative estimate of drug-likeness (QED) is 0.513. The van der Waals surface area contributed by atoms with Gasteiger partial charge in [-0.3, -0.25) is 0 Å². The SMILES string of the molecule is C1CO1.C1CO1.C=CC(=C)C.C=CC(=C)C.C=Cc1ccccc1. The second-order valence-electron chi connectivity index (χ2n) is 4.94. The summed E-state index contributed by atoms with van der Waals surface area (Å²) >= 11 is 0. The Balaban J connectivity index is 0. The molecule has 2 saturated heterocycles. The highest BCUT2D eigenvalue weighted by molar-refractivity contribution is 5.45. The van der Waals surface area contributed by atoms with E-state index in [4.69, 9.17) is 0 Å². The smallest absolute Gasteiger partial charge is 0.0701 e. The standard InChI is InChI=1S/C8H8.2C5H8.2C2H4O/c1-2-8-6-4-3-5-7-8;2*1-4-5(2)3;2*1-2-3-1/h2-7H,1H2;2*4H,1-2H2,3H3;2*1-2H2. The van der Waals surface area contributed by atoms with E-state index in [1.165, 1.54) is 5.56 Å². The van der Waals surface area contributed by atoms with Crippen molar-refractivity contribution in [2.45, 2.75) is 13.8 Å². The van der Waals surface area contributed by atoms with E-state index in [1.54, 1.807) is 12.2 Å². The second-order valence-corrected chi connectivity index (χ2v) is 4.94. The van der Waals surface area contributed by atoms with Crippen molar-refractivity contribution in [1.82, 2.24) is 0 Å². The van der Waals surface area contributed by atoms with Gasteiger partial charge < -0.3 is 9.47 Å². The number of hydrogen-bond donors (Lipinski definition) is 0. The lowest BCUT2D eigenvalue weighted by Gasteiger charge is -1.85. The predicted molar refractivity (Wildman–Crippen MR) is 108 cm³/mol. The first-order valence-corrected chi connectivity index (χ1v) is 7.86. The van der Waals surface area contributed by atoms with Crippen molar-refractivity contribution >= 4 is 6.08 Å². The summed E-state index contributed by atoms with van der Waals surface area (Å²) in [7, 11) is 0. The first-order chi connectivity index (χ1) is 11.5. The van der Waals surface area contributed by atoms with Gasteiger partial charge in [0.05, 0.1) is 26.4 Å². The van der Waals surface area contributed by atoms with Crippen molar-refractivity contribution < 1.29 is 9.47 Å². The van der Waals surface area contributed by atoms with Crippen molar-refractivity contribution in [3.05, 3.63) is 92.1 Å². The Hall–Kier alpha value is -2.16. The van der Waals surface area contributed by atoms with Crippen LogP contribution in [0.3, 0.4) is 0 Å². The molecule has 0 saturated carbocycles. The summed E-state index contributed by atoms with van der Waals surface area (Å²) in [5.41, 5.74) is 3.21. The molecular weight excluding hydrogens is 296 g/mol. The van der Waals surface area contributed by atoms with E-state index >= 15 is 0 Å². The maximum Gasteiger partial charge on any atom is 0.0701 e. The average molecular weight is 328 g/mol. The van der Waals surface area contributed by atoms with E-state index in [0.717, 1.165) is 37.6 Å². The molecule has 2 aliphatic rings. The number of hydrogen-bond acceptors (Lipinski definition) is 2. The molecule has 0 atom stereocenters. The Morgan fingerprint density at radius 3 is 1.21 bits per heavy atom. The molecule has 0 N–H and O–H groups in total. The maximum atomic E-state index is 4.50. The zero-order valence-corrected chi connectivity index (χ0v) is 15.3. The summed E-state index contributed by atoms with van der Waals surface area (Å²) in [4.78, 5) is 0. The molecule has 2 fully saturated rings. The fourth-order valence-corrected chi connectivity index (χ4v) is 0.589. The fourth-order valence-electron chi connectivity index (χ4n) is 0.589. The van der Waals surface area contributed by atoms with Gasteiger partial charge in [-0.15, -0.1) is 0 Å². The van der Waals surface area contributed by atoms with E-state index in [9.17, 15) is 0 Å². The van der Waals surface area contributed by atoms with Crippen LogP contribution in [0.1, 0.15) is 19.4 Å². The van der Waals surface area contributed by atoms with Crippen LogP contribution in [0.25, 0.3) is 6.08 Å². The highest BCUT2D eigenvalue weighted by Crippen LogP contribution is 1.97. The van der Waals surface area contributed by atoms with Crippen LogP contribution in [-0.2, 0) is 9.47 Å². The third kappa shape index (κ3) is 36.8. The molecule has 24 heavy (non-hydrogen) atoms. The first kappa shape index (κ1) is 24.1. The zero-order chi connectivity index (χ0) is 18.6. The molecule has 0 amide bonds. The highest BCUT2D eigenvalue weighted by Gasteiger charge is 1.94. The van der Waals surface area contributed by atoms with E-state index in [-0.39, 0.29) is 0 Å². The second kappa shape index (κ2) is 18.9. The molecular formula is C22H32O2. The molecule has 0 unspecified atom stereocenters. The Labute approximate surface area is 148 Å². The molecule has 0 spiro atoms. The minimum atomic E-state index is 1.00. The lowest BCUT2D eigenvalue weighted by Crippen LogP contribution is -1.63. The molecule has 0 aliphatic carbocycles. The molecule has 0 radical (unpaired) electrons. The monoisotopic (exact) mass is 328 g/mol. The van der Waals surface area contributed by atoms with Gasteiger partial charge in [-0.2, -0.15) is 0 Å². The van der Waals surface area contributed by atoms with Crippen molar-refractivity contribution in [2.75, 3.05) is 26.4 Å². The van der Waals surface area contributed by atoms with Crippen LogP contribution in [0.15, 0.2) is 86.5 Å². The van der Waals surface area contributed by atoms with Crippen LogP contribution in [0.4, 0.5) is 0 Å². The van der Waals surface area contributed by atoms with Gasteiger partial charge in [0.15, 0.2) is 0 Å². The number of allylic oxidation sites excluding steroid dienone is 4. The van der Waals surface area contributed by atoms with Gasteiger partial charge in [-0.25, -0.2) is 0 Å². The molecule has 2 heteroatoms. The molecule has 2 aliphatic heterocycles. The van der Waals surface area contributed by atoms with Crippen LogP contribution < -0.4 is 0 Å². The summed E-state index contributed by atoms with van der Waals surface area (Å²) in [5, 5.41) is 0. The molecule has 0 bridgehead atoms. The molecule has 2 nitrogen and oxygen atoms in total. The number of epoxide rings is 2. The molecule has 132 valence electrons. The average Bonchev–Trinajstić information content (AvgIpc) is 3.48. The minimum absolute atomic E-state index is 1.00. The molecule has 2 heterocycles. The van der Waals surface area contributed by atoms with Gasteiger partial charge in [0.25, 0.3) is 0 Å². The predicted octanol–water partition coefficient (Wildman–Crippen LogP) is 5.86. The number of ether oxygens (including phenoxy) is 2. The minimum Gasteiger partial charge on any atom is -0.377 e. The number of benzene rings is 1. The molecule has 1 aromatic carbocycles. The summed E-state index contributed by atoms with van der Waals surface area (Å²) in [5.74, 6) is 0. The van der Waals surface area contributed by atoms with E-state index in [0.29, 0.717) is 0 Å². The van der Waals surface area contributed by atoms with Crippen LogP contribution in [-0.4, -0.2) is 26.4 Å². The Bertz CT molecular complexity index is 438. The third-order valence-corrected chi connectivity index (χ3v) is 2.14. The van der Waals surface area contributed by atoms with Gasteiger partial charge >= 0.3 is 0 Å². The Morgan fingerprint density at radius 2 is 1.08 bits per heavy atom. The summed E-state index contributed by atoms with van der Waals surface area (Å²) < 4.78 is 9.00. The van der Waals surface area contributed by atoms with Gasteiger partial charge in [0.2, 0.25) is 0 Å². The lowest BCUT2D eigenvalue weighted by atomic mass is 10.2. The van der Waals surface area contributed by atoms with Crippen LogP contribution in [0, 0.1) is 0 Å². The van der Waals surface area contributed by atoms with Gasteiger partial charge in [-0.05, 0) is 19.4 Å². The van der Waals surface area contributed by atoms with Crippen molar-refractivity contribution in [3.63, 3.8) is 0 Å². The maximum absolute atomic E-state index is 4.50. The van der Waals surface area contributed by atoms with Gasteiger partial charge in [0, 0.05) is 0 Å². The normalized spacial score (nSPS) is 11.6. The first-order valence-electron chi connectivity index (χ1n) is 7.86. The fraction of sp³-hybridized carbons (Fsp3) is 0.273. The van der Waals surface area contributed by atoms with Crippen LogP contribution >= 0.6 is 0 Å². The van der Waals surface area contributed by atoms with Crippen molar-refractivity contribution in [2.24, 2.45) is 0 Å². The largest absolute Gasteiger partial charge is 0.377 e. The topological polar surface area (TPSA) is 25.1 Å². The highest BCUT2D eigenvalue weighted by atomic mass is 16.6. The molecule has 3 rings (SSSR count). The molecule has 1 aromatic rings. The van der Waals surface area contributed by atoms with Crippen molar-refractivity contribution in [3.8, 4) is 0 Å². The van der Waals surface area contributed by atoms with Crippen LogP contribution in [0.5, 0.6) is 0 Å². The Kier molecular flexibility index (Phi) is 19.0. The van der Waals surface area contributed by atoms with Gasteiger partial charge in [-0.1, -0.05) is 92.6 Å². The van der Waals surface area contributed by atoms with E-state index in [2.05, 4.69) is 42.4 Å². The summed E-state index contributed by atoms with van der Waals surface area (Å²) in [6, 6.07) is 10.0. The zero-order valence-electron chi connectivity index (χ0n) is 15.3. The Morgan fingerprint density at radius 1 is 0.792 bits per heavy atom. The number of rotatable bonds is 3. The molecule has 0 aromatic heterocycles. The van der Waals surface area contributed by atoms with E-state index < -0.39 is 0 Å².